The first-order chi connectivity index (χ1) is 5.22. The maximum atomic E-state index is 10.7. The Morgan fingerprint density at radius 2 is 2.27 bits per heavy atom. The summed E-state index contributed by atoms with van der Waals surface area (Å²) in [4.78, 5) is 10.7. The summed E-state index contributed by atoms with van der Waals surface area (Å²) in [6.45, 7) is 1.87. The molecule has 1 saturated carbocycles. The van der Waals surface area contributed by atoms with Crippen molar-refractivity contribution in [1.29, 1.82) is 0 Å². The average Bonchev–Trinajstić information content (AvgIpc) is 2.71. The molecule has 0 aromatic carbocycles. The molecule has 0 spiro atoms. The number of hydrogen-bond acceptors (Lipinski definition) is 3. The van der Waals surface area contributed by atoms with E-state index in [1.807, 2.05) is 6.92 Å². The van der Waals surface area contributed by atoms with Gasteiger partial charge in [0.2, 0.25) is 0 Å². The predicted molar refractivity (Wildman–Crippen MR) is 41.9 cm³/mol. The lowest BCUT2D eigenvalue weighted by molar-refractivity contribution is -0.134. The van der Waals surface area contributed by atoms with E-state index in [4.69, 9.17) is 0 Å². The van der Waals surface area contributed by atoms with Crippen LogP contribution in [0.4, 0.5) is 0 Å². The van der Waals surface area contributed by atoms with Crippen LogP contribution in [-0.4, -0.2) is 19.1 Å². The molecule has 0 unspecified atom stereocenters. The first-order valence-corrected chi connectivity index (χ1v) is 3.75. The Balaban J connectivity index is 2.30. The van der Waals surface area contributed by atoms with Gasteiger partial charge in [-0.05, 0) is 19.8 Å². The number of hydrogen-bond donors (Lipinski definition) is 1. The molecule has 62 valence electrons. The average molecular weight is 155 g/mol. The third-order valence-electron chi connectivity index (χ3n) is 1.54. The zero-order chi connectivity index (χ0) is 8.27. The van der Waals surface area contributed by atoms with Crippen LogP contribution >= 0.6 is 0 Å². The molecular weight excluding hydrogens is 142 g/mol. The van der Waals surface area contributed by atoms with E-state index >= 15 is 0 Å². The summed E-state index contributed by atoms with van der Waals surface area (Å²) >= 11 is 0. The minimum absolute atomic E-state index is 0.296. The van der Waals surface area contributed by atoms with Gasteiger partial charge in [-0.3, -0.25) is 0 Å². The lowest BCUT2D eigenvalue weighted by Gasteiger charge is -2.02. The van der Waals surface area contributed by atoms with Crippen LogP contribution < -0.4 is 5.32 Å². The van der Waals surface area contributed by atoms with Gasteiger partial charge in [-0.15, -0.1) is 0 Å². The number of ether oxygens (including phenoxy) is 1. The van der Waals surface area contributed by atoms with E-state index in [-0.39, 0.29) is 5.97 Å². The summed E-state index contributed by atoms with van der Waals surface area (Å²) in [5.74, 6) is -0.296. The van der Waals surface area contributed by atoms with Gasteiger partial charge < -0.3 is 10.1 Å². The van der Waals surface area contributed by atoms with Crippen LogP contribution in [0.3, 0.4) is 0 Å². The van der Waals surface area contributed by atoms with Crippen molar-refractivity contribution >= 4 is 5.97 Å². The highest BCUT2D eigenvalue weighted by Gasteiger charge is 2.20. The molecule has 0 saturated heterocycles. The third kappa shape index (κ3) is 3.07. The van der Waals surface area contributed by atoms with Crippen molar-refractivity contribution in [1.82, 2.24) is 5.32 Å². The molecule has 0 amide bonds. The summed E-state index contributed by atoms with van der Waals surface area (Å²) < 4.78 is 4.47. The van der Waals surface area contributed by atoms with Crippen LogP contribution in [0.25, 0.3) is 0 Å². The number of carbonyl (C=O) groups excluding carboxylic acids is 1. The summed E-state index contributed by atoms with van der Waals surface area (Å²) in [7, 11) is 1.38. The monoisotopic (exact) mass is 155 g/mol. The topological polar surface area (TPSA) is 38.3 Å². The Morgan fingerprint density at radius 3 is 2.73 bits per heavy atom. The number of nitrogens with one attached hydrogen (secondary N) is 1. The van der Waals surface area contributed by atoms with Gasteiger partial charge in [-0.1, -0.05) is 0 Å². The first kappa shape index (κ1) is 8.11. The zero-order valence-corrected chi connectivity index (χ0v) is 6.89. The van der Waals surface area contributed by atoms with Crippen molar-refractivity contribution in [3.05, 3.63) is 11.8 Å². The molecule has 1 aliphatic carbocycles. The Hall–Kier alpha value is -0.990. The minimum atomic E-state index is -0.296. The second kappa shape index (κ2) is 3.42. The summed E-state index contributed by atoms with van der Waals surface area (Å²) in [6.07, 6.45) is 3.90. The molecule has 0 atom stereocenters. The van der Waals surface area contributed by atoms with Crippen molar-refractivity contribution in [2.75, 3.05) is 7.11 Å². The highest BCUT2D eigenvalue weighted by molar-refractivity contribution is 5.82. The number of rotatable bonds is 3. The quantitative estimate of drug-likeness (QED) is 0.484. The SMILES string of the molecule is COC(=O)/C=C(/C)NC1CC1. The summed E-state index contributed by atoms with van der Waals surface area (Å²) in [5, 5.41) is 3.18. The van der Waals surface area contributed by atoms with Crippen LogP contribution in [0, 0.1) is 0 Å². The second-order valence-electron chi connectivity index (χ2n) is 2.77. The van der Waals surface area contributed by atoms with Gasteiger partial charge in [0.05, 0.1) is 7.11 Å². The van der Waals surface area contributed by atoms with Gasteiger partial charge in [-0.25, -0.2) is 4.79 Å². The van der Waals surface area contributed by atoms with Gasteiger partial charge in [-0.2, -0.15) is 0 Å². The number of esters is 1. The van der Waals surface area contributed by atoms with Crippen LogP contribution in [0.2, 0.25) is 0 Å². The summed E-state index contributed by atoms with van der Waals surface area (Å²) in [5.41, 5.74) is 0.888. The predicted octanol–water partition coefficient (Wildman–Crippen LogP) is 0.815. The maximum Gasteiger partial charge on any atom is 0.332 e. The van der Waals surface area contributed by atoms with Crippen molar-refractivity contribution in [3.63, 3.8) is 0 Å². The first-order valence-electron chi connectivity index (χ1n) is 3.75. The molecule has 0 aromatic heterocycles. The van der Waals surface area contributed by atoms with Crippen LogP contribution in [0.1, 0.15) is 19.8 Å². The van der Waals surface area contributed by atoms with Crippen molar-refractivity contribution in [3.8, 4) is 0 Å². The molecule has 0 aliphatic heterocycles. The molecule has 0 heterocycles. The van der Waals surface area contributed by atoms with E-state index in [0.717, 1.165) is 5.70 Å². The van der Waals surface area contributed by atoms with Crippen LogP contribution in [0.15, 0.2) is 11.8 Å². The van der Waals surface area contributed by atoms with E-state index in [1.165, 1.54) is 26.0 Å². The highest BCUT2D eigenvalue weighted by Crippen LogP contribution is 2.19. The molecule has 3 nitrogen and oxygen atoms in total. The Labute approximate surface area is 66.4 Å². The van der Waals surface area contributed by atoms with Crippen molar-refractivity contribution in [2.45, 2.75) is 25.8 Å². The number of carbonyl (C=O) groups is 1. The third-order valence-corrected chi connectivity index (χ3v) is 1.54. The largest absolute Gasteiger partial charge is 0.466 e. The molecule has 0 radical (unpaired) electrons. The Morgan fingerprint density at radius 1 is 1.64 bits per heavy atom. The van der Waals surface area contributed by atoms with E-state index < -0.39 is 0 Å². The van der Waals surface area contributed by atoms with Gasteiger partial charge in [0.25, 0.3) is 0 Å². The minimum Gasteiger partial charge on any atom is -0.466 e. The molecule has 1 fully saturated rings. The number of methoxy groups -OCH3 is 1. The molecule has 11 heavy (non-hydrogen) atoms. The van der Waals surface area contributed by atoms with Gasteiger partial charge in [0, 0.05) is 17.8 Å². The fraction of sp³-hybridized carbons (Fsp3) is 0.625. The molecular formula is C8H13NO2. The second-order valence-corrected chi connectivity index (χ2v) is 2.77. The van der Waals surface area contributed by atoms with E-state index in [1.54, 1.807) is 0 Å². The van der Waals surface area contributed by atoms with Crippen LogP contribution in [-0.2, 0) is 9.53 Å². The van der Waals surface area contributed by atoms with E-state index in [9.17, 15) is 4.79 Å². The lowest BCUT2D eigenvalue weighted by atomic mass is 10.4. The van der Waals surface area contributed by atoms with Gasteiger partial charge >= 0.3 is 5.97 Å². The van der Waals surface area contributed by atoms with Gasteiger partial charge in [0.15, 0.2) is 0 Å². The number of allylic oxidation sites excluding steroid dienone is 1. The Kier molecular flexibility index (Phi) is 2.52. The molecule has 1 N–H and O–H groups in total. The maximum absolute atomic E-state index is 10.7. The van der Waals surface area contributed by atoms with Crippen molar-refractivity contribution in [2.24, 2.45) is 0 Å². The van der Waals surface area contributed by atoms with Gasteiger partial charge in [0.1, 0.15) is 0 Å². The lowest BCUT2D eigenvalue weighted by Crippen LogP contribution is -2.14. The molecule has 0 bridgehead atoms. The Bertz CT molecular complexity index is 183. The molecule has 1 rings (SSSR count). The van der Waals surface area contributed by atoms with E-state index in [0.29, 0.717) is 6.04 Å². The summed E-state index contributed by atoms with van der Waals surface area (Å²) in [6, 6.07) is 0.593. The molecule has 3 heteroatoms. The highest BCUT2D eigenvalue weighted by atomic mass is 16.5. The molecule has 0 aromatic rings. The fourth-order valence-corrected chi connectivity index (χ4v) is 0.827. The fourth-order valence-electron chi connectivity index (χ4n) is 0.827. The van der Waals surface area contributed by atoms with E-state index in [2.05, 4.69) is 10.1 Å². The molecule has 1 aliphatic rings. The smallest absolute Gasteiger partial charge is 0.332 e. The standard InChI is InChI=1S/C8H13NO2/c1-6(5-8(10)11-2)9-7-3-4-7/h5,7,9H,3-4H2,1-2H3/b6-5-. The zero-order valence-electron chi connectivity index (χ0n) is 6.89. The normalized spacial score (nSPS) is 17.8. The van der Waals surface area contributed by atoms with Crippen molar-refractivity contribution < 1.29 is 9.53 Å². The van der Waals surface area contributed by atoms with Crippen LogP contribution in [0.5, 0.6) is 0 Å².